The first kappa shape index (κ1) is 22.3. The maximum atomic E-state index is 13.2. The maximum Gasteiger partial charge on any atom is 0.262 e. The summed E-state index contributed by atoms with van der Waals surface area (Å²) in [4.78, 5) is 12.7. The number of nitrogens with zero attached hydrogens (tertiary/aromatic N) is 1. The Balaban J connectivity index is 1.72. The molecule has 6 nitrogen and oxygen atoms in total. The van der Waals surface area contributed by atoms with Crippen molar-refractivity contribution in [2.24, 2.45) is 0 Å². The van der Waals surface area contributed by atoms with Gasteiger partial charge in [0.1, 0.15) is 5.75 Å². The summed E-state index contributed by atoms with van der Waals surface area (Å²) in [5.41, 5.74) is 3.04. The van der Waals surface area contributed by atoms with Crippen LogP contribution in [0.4, 0.5) is 5.69 Å². The van der Waals surface area contributed by atoms with Crippen molar-refractivity contribution in [3.8, 4) is 5.75 Å². The maximum absolute atomic E-state index is 13.2. The molecule has 0 atom stereocenters. The van der Waals surface area contributed by atoms with Crippen LogP contribution in [0, 0.1) is 20.8 Å². The van der Waals surface area contributed by atoms with Crippen molar-refractivity contribution in [3.05, 3.63) is 53.1 Å². The van der Waals surface area contributed by atoms with Crippen molar-refractivity contribution in [3.63, 3.8) is 0 Å². The lowest BCUT2D eigenvalue weighted by atomic mass is 10.1. The lowest BCUT2D eigenvalue weighted by Crippen LogP contribution is -2.32. The number of sulfonamides is 1. The van der Waals surface area contributed by atoms with E-state index in [0.29, 0.717) is 30.1 Å². The zero-order valence-corrected chi connectivity index (χ0v) is 18.7. The smallest absolute Gasteiger partial charge is 0.262 e. The van der Waals surface area contributed by atoms with Crippen LogP contribution < -0.4 is 10.1 Å². The summed E-state index contributed by atoms with van der Waals surface area (Å²) in [6.45, 7) is 6.58. The molecule has 0 spiro atoms. The number of anilines is 1. The molecule has 0 saturated carbocycles. The van der Waals surface area contributed by atoms with Gasteiger partial charge in [-0.2, -0.15) is 4.31 Å². The minimum Gasteiger partial charge on any atom is -0.483 e. The van der Waals surface area contributed by atoms with E-state index < -0.39 is 10.0 Å². The van der Waals surface area contributed by atoms with Crippen molar-refractivity contribution < 1.29 is 17.9 Å². The van der Waals surface area contributed by atoms with E-state index in [1.54, 1.807) is 29.4 Å². The zero-order chi connectivity index (χ0) is 21.7. The topological polar surface area (TPSA) is 75.7 Å². The van der Waals surface area contributed by atoms with E-state index in [1.807, 2.05) is 32.0 Å². The van der Waals surface area contributed by atoms with E-state index >= 15 is 0 Å². The van der Waals surface area contributed by atoms with Gasteiger partial charge in [0, 0.05) is 18.8 Å². The minimum atomic E-state index is -3.59. The molecule has 1 aliphatic heterocycles. The average Bonchev–Trinajstić information content (AvgIpc) is 2.99. The molecule has 162 valence electrons. The molecule has 0 aromatic heterocycles. The summed E-state index contributed by atoms with van der Waals surface area (Å²) in [6, 6.07) is 10.8. The van der Waals surface area contributed by atoms with Gasteiger partial charge in [-0.1, -0.05) is 37.1 Å². The Kier molecular flexibility index (Phi) is 7.15. The minimum absolute atomic E-state index is 0.145. The van der Waals surface area contributed by atoms with Gasteiger partial charge in [-0.15, -0.1) is 0 Å². The molecule has 30 heavy (non-hydrogen) atoms. The summed E-state index contributed by atoms with van der Waals surface area (Å²) in [5.74, 6) is 0.362. The number of carbonyl (C=O) groups excluding carboxylic acids is 1. The third-order valence-corrected chi connectivity index (χ3v) is 7.45. The number of aryl methyl sites for hydroxylation is 3. The molecule has 3 rings (SSSR count). The molecule has 1 N–H and O–H groups in total. The molecule has 2 aromatic carbocycles. The first-order valence-electron chi connectivity index (χ1n) is 10.4. The summed E-state index contributed by atoms with van der Waals surface area (Å²) >= 11 is 0. The van der Waals surface area contributed by atoms with E-state index in [-0.39, 0.29) is 17.4 Å². The van der Waals surface area contributed by atoms with Crippen molar-refractivity contribution in [1.82, 2.24) is 4.31 Å². The number of carbonyl (C=O) groups is 1. The molecule has 2 aromatic rings. The van der Waals surface area contributed by atoms with Gasteiger partial charge in [0.25, 0.3) is 5.91 Å². The SMILES string of the molecule is Cc1ccc(NC(=O)COc2c(C)cccc2C)cc1S(=O)(=O)N1CCCCCC1. The van der Waals surface area contributed by atoms with Crippen LogP contribution in [0.2, 0.25) is 0 Å². The number of hydrogen-bond donors (Lipinski definition) is 1. The highest BCUT2D eigenvalue weighted by molar-refractivity contribution is 7.89. The molecule has 1 heterocycles. The average molecular weight is 431 g/mol. The monoisotopic (exact) mass is 430 g/mol. The van der Waals surface area contributed by atoms with Crippen LogP contribution in [0.25, 0.3) is 0 Å². The summed E-state index contributed by atoms with van der Waals surface area (Å²) < 4.78 is 33.6. The van der Waals surface area contributed by atoms with Crippen LogP contribution in [0.15, 0.2) is 41.3 Å². The molecular formula is C23H30N2O4S. The highest BCUT2D eigenvalue weighted by Crippen LogP contribution is 2.26. The Labute approximate surface area is 179 Å². The molecule has 1 saturated heterocycles. The predicted octanol–water partition coefficient (Wildman–Crippen LogP) is 4.19. The first-order chi connectivity index (χ1) is 14.3. The number of amides is 1. The number of hydrogen-bond acceptors (Lipinski definition) is 4. The molecular weight excluding hydrogens is 400 g/mol. The standard InChI is InChI=1S/C23H30N2O4S/c1-17-11-12-20(15-21(17)30(27,28)25-13-6-4-5-7-14-25)24-22(26)16-29-23-18(2)9-8-10-19(23)3/h8-12,15H,4-7,13-14,16H2,1-3H3,(H,24,26). The van der Waals surface area contributed by atoms with E-state index in [4.69, 9.17) is 4.74 Å². The van der Waals surface area contributed by atoms with Gasteiger partial charge >= 0.3 is 0 Å². The molecule has 0 aliphatic carbocycles. The molecule has 0 radical (unpaired) electrons. The van der Waals surface area contributed by atoms with Crippen molar-refractivity contribution in [1.29, 1.82) is 0 Å². The van der Waals surface area contributed by atoms with Crippen LogP contribution in [0.1, 0.15) is 42.4 Å². The molecule has 7 heteroatoms. The second-order valence-electron chi connectivity index (χ2n) is 7.86. The van der Waals surface area contributed by atoms with Gasteiger partial charge in [-0.3, -0.25) is 4.79 Å². The van der Waals surface area contributed by atoms with Gasteiger partial charge < -0.3 is 10.1 Å². The Morgan fingerprint density at radius 1 is 0.967 bits per heavy atom. The van der Waals surface area contributed by atoms with Crippen molar-refractivity contribution in [2.45, 2.75) is 51.3 Å². The fraction of sp³-hybridized carbons (Fsp3) is 0.435. The molecule has 0 bridgehead atoms. The Hall–Kier alpha value is -2.38. The Morgan fingerprint density at radius 3 is 2.23 bits per heavy atom. The second kappa shape index (κ2) is 9.62. The van der Waals surface area contributed by atoms with Crippen molar-refractivity contribution >= 4 is 21.6 Å². The molecule has 1 amide bonds. The second-order valence-corrected chi connectivity index (χ2v) is 9.76. The fourth-order valence-electron chi connectivity index (χ4n) is 3.74. The number of rotatable bonds is 6. The zero-order valence-electron chi connectivity index (χ0n) is 17.9. The van der Waals surface area contributed by atoms with E-state index in [1.165, 1.54) is 0 Å². The van der Waals surface area contributed by atoms with Gasteiger partial charge in [-0.05, 0) is 62.4 Å². The summed E-state index contributed by atoms with van der Waals surface area (Å²) in [6.07, 6.45) is 3.87. The molecule has 1 aliphatic rings. The van der Waals surface area contributed by atoms with Crippen LogP contribution in [-0.2, 0) is 14.8 Å². The highest BCUT2D eigenvalue weighted by atomic mass is 32.2. The summed E-state index contributed by atoms with van der Waals surface area (Å²) in [7, 11) is -3.59. The van der Waals surface area contributed by atoms with Gasteiger partial charge in [0.2, 0.25) is 10.0 Å². The number of ether oxygens (including phenoxy) is 1. The van der Waals surface area contributed by atoms with Crippen LogP contribution in [-0.4, -0.2) is 38.3 Å². The van der Waals surface area contributed by atoms with E-state index in [2.05, 4.69) is 5.32 Å². The highest BCUT2D eigenvalue weighted by Gasteiger charge is 2.27. The van der Waals surface area contributed by atoms with Crippen LogP contribution >= 0.6 is 0 Å². The molecule has 0 unspecified atom stereocenters. The Bertz CT molecular complexity index is 990. The molecule has 1 fully saturated rings. The quantitative estimate of drug-likeness (QED) is 0.745. The first-order valence-corrected chi connectivity index (χ1v) is 11.8. The van der Waals surface area contributed by atoms with Gasteiger partial charge in [0.15, 0.2) is 6.61 Å². The third-order valence-electron chi connectivity index (χ3n) is 5.41. The largest absolute Gasteiger partial charge is 0.483 e. The number of benzene rings is 2. The Morgan fingerprint density at radius 2 is 1.60 bits per heavy atom. The van der Waals surface area contributed by atoms with Gasteiger partial charge in [-0.25, -0.2) is 8.42 Å². The predicted molar refractivity (Wildman–Crippen MR) is 118 cm³/mol. The lowest BCUT2D eigenvalue weighted by molar-refractivity contribution is -0.118. The normalized spacial score (nSPS) is 15.4. The number of nitrogens with one attached hydrogen (secondary N) is 1. The van der Waals surface area contributed by atoms with Crippen LogP contribution in [0.5, 0.6) is 5.75 Å². The number of para-hydroxylation sites is 1. The third kappa shape index (κ3) is 5.21. The van der Waals surface area contributed by atoms with Crippen LogP contribution in [0.3, 0.4) is 0 Å². The van der Waals surface area contributed by atoms with E-state index in [9.17, 15) is 13.2 Å². The van der Waals surface area contributed by atoms with E-state index in [0.717, 1.165) is 36.8 Å². The van der Waals surface area contributed by atoms with Gasteiger partial charge in [0.05, 0.1) is 4.90 Å². The fourth-order valence-corrected chi connectivity index (χ4v) is 5.51. The lowest BCUT2D eigenvalue weighted by Gasteiger charge is -2.21. The summed E-state index contributed by atoms with van der Waals surface area (Å²) in [5, 5.41) is 2.76. The van der Waals surface area contributed by atoms with Crippen molar-refractivity contribution in [2.75, 3.05) is 25.0 Å².